The van der Waals surface area contributed by atoms with Crippen molar-refractivity contribution in [3.8, 4) is 0 Å². The van der Waals surface area contributed by atoms with Crippen LogP contribution in [-0.2, 0) is 9.84 Å². The van der Waals surface area contributed by atoms with Crippen LogP contribution in [0.25, 0.3) is 0 Å². The first-order chi connectivity index (χ1) is 10.1. The molecule has 0 spiro atoms. The van der Waals surface area contributed by atoms with Crippen molar-refractivity contribution in [1.82, 2.24) is 10.2 Å². The van der Waals surface area contributed by atoms with Crippen LogP contribution in [-0.4, -0.2) is 58.3 Å². The molecule has 21 heavy (non-hydrogen) atoms. The molecular formula is C15H25N3O2S. The van der Waals surface area contributed by atoms with Crippen LogP contribution in [0.5, 0.6) is 0 Å². The molecule has 118 valence electrons. The van der Waals surface area contributed by atoms with Crippen molar-refractivity contribution in [2.75, 3.05) is 50.3 Å². The molecule has 0 unspecified atom stereocenters. The van der Waals surface area contributed by atoms with Crippen LogP contribution in [0.4, 0.5) is 5.69 Å². The number of sulfone groups is 1. The van der Waals surface area contributed by atoms with Gasteiger partial charge in [-0.2, -0.15) is 0 Å². The number of rotatable bonds is 7. The Labute approximate surface area is 127 Å². The lowest BCUT2D eigenvalue weighted by atomic mass is 10.3. The van der Waals surface area contributed by atoms with Crippen molar-refractivity contribution in [2.45, 2.75) is 18.2 Å². The average molecular weight is 311 g/mol. The highest BCUT2D eigenvalue weighted by Gasteiger charge is 2.11. The van der Waals surface area contributed by atoms with Gasteiger partial charge < -0.3 is 15.5 Å². The summed E-state index contributed by atoms with van der Waals surface area (Å²) in [5, 5.41) is 6.69. The van der Waals surface area contributed by atoms with Gasteiger partial charge in [-0.05, 0) is 37.2 Å². The van der Waals surface area contributed by atoms with E-state index in [9.17, 15) is 8.42 Å². The quantitative estimate of drug-likeness (QED) is 0.741. The van der Waals surface area contributed by atoms with Gasteiger partial charge in [0, 0.05) is 38.4 Å². The summed E-state index contributed by atoms with van der Waals surface area (Å²) in [5.41, 5.74) is 0.977. The standard InChI is InChI=1S/C15H25N3O2S/c1-2-21(19,20)15-6-4-14(5-7-15)17-8-3-11-18-12-9-16-10-13-18/h4-7,16-17H,2-3,8-13H2,1H3. The molecule has 2 N–H and O–H groups in total. The van der Waals surface area contributed by atoms with Gasteiger partial charge in [0.25, 0.3) is 0 Å². The lowest BCUT2D eigenvalue weighted by Crippen LogP contribution is -2.44. The Morgan fingerprint density at radius 1 is 1.19 bits per heavy atom. The molecule has 1 fully saturated rings. The fourth-order valence-corrected chi connectivity index (χ4v) is 3.30. The monoisotopic (exact) mass is 311 g/mol. The third-order valence-electron chi connectivity index (χ3n) is 3.78. The number of hydrogen-bond acceptors (Lipinski definition) is 5. The summed E-state index contributed by atoms with van der Waals surface area (Å²) in [4.78, 5) is 2.87. The molecule has 0 bridgehead atoms. The smallest absolute Gasteiger partial charge is 0.178 e. The summed E-state index contributed by atoms with van der Waals surface area (Å²) in [7, 11) is -3.10. The van der Waals surface area contributed by atoms with E-state index in [1.165, 1.54) is 0 Å². The van der Waals surface area contributed by atoms with Gasteiger partial charge in [-0.1, -0.05) is 6.92 Å². The molecule has 2 rings (SSSR count). The van der Waals surface area contributed by atoms with Gasteiger partial charge >= 0.3 is 0 Å². The van der Waals surface area contributed by atoms with Gasteiger partial charge in [0.15, 0.2) is 9.84 Å². The van der Waals surface area contributed by atoms with E-state index in [1.54, 1.807) is 19.1 Å². The molecule has 5 nitrogen and oxygen atoms in total. The molecular weight excluding hydrogens is 286 g/mol. The SMILES string of the molecule is CCS(=O)(=O)c1ccc(NCCCN2CCNCC2)cc1. The van der Waals surface area contributed by atoms with E-state index < -0.39 is 9.84 Å². The number of nitrogens with zero attached hydrogens (tertiary/aromatic N) is 1. The Morgan fingerprint density at radius 2 is 1.86 bits per heavy atom. The zero-order valence-corrected chi connectivity index (χ0v) is 13.5. The van der Waals surface area contributed by atoms with E-state index in [2.05, 4.69) is 15.5 Å². The second kappa shape index (κ2) is 7.77. The Morgan fingerprint density at radius 3 is 2.48 bits per heavy atom. The Bertz CT molecular complexity index is 522. The lowest BCUT2D eigenvalue weighted by Gasteiger charge is -2.27. The predicted molar refractivity (Wildman–Crippen MR) is 86.6 cm³/mol. The molecule has 1 saturated heterocycles. The van der Waals surface area contributed by atoms with E-state index in [-0.39, 0.29) is 5.75 Å². The first-order valence-electron chi connectivity index (χ1n) is 7.61. The van der Waals surface area contributed by atoms with Crippen molar-refractivity contribution in [3.05, 3.63) is 24.3 Å². The van der Waals surface area contributed by atoms with Crippen LogP contribution < -0.4 is 10.6 Å². The van der Waals surface area contributed by atoms with E-state index in [4.69, 9.17) is 0 Å². The maximum absolute atomic E-state index is 11.7. The molecule has 1 aliphatic heterocycles. The van der Waals surface area contributed by atoms with Crippen LogP contribution in [0.3, 0.4) is 0 Å². The van der Waals surface area contributed by atoms with Gasteiger partial charge in [-0.3, -0.25) is 0 Å². The van der Waals surface area contributed by atoms with Gasteiger partial charge in [-0.15, -0.1) is 0 Å². The second-order valence-electron chi connectivity index (χ2n) is 5.30. The van der Waals surface area contributed by atoms with Crippen LogP contribution in [0.1, 0.15) is 13.3 Å². The summed E-state index contributed by atoms with van der Waals surface area (Å²) in [5.74, 6) is 0.143. The summed E-state index contributed by atoms with van der Waals surface area (Å²) in [6.07, 6.45) is 1.09. The number of nitrogens with one attached hydrogen (secondary N) is 2. The number of piperazine rings is 1. The molecule has 1 heterocycles. The molecule has 1 aliphatic rings. The van der Waals surface area contributed by atoms with Crippen molar-refractivity contribution in [2.24, 2.45) is 0 Å². The molecule has 0 saturated carbocycles. The zero-order valence-electron chi connectivity index (χ0n) is 12.6. The minimum absolute atomic E-state index is 0.143. The molecule has 0 aliphatic carbocycles. The lowest BCUT2D eigenvalue weighted by molar-refractivity contribution is 0.240. The fourth-order valence-electron chi connectivity index (χ4n) is 2.42. The Balaban J connectivity index is 1.73. The zero-order chi connectivity index (χ0) is 15.1. The average Bonchev–Trinajstić information content (AvgIpc) is 2.53. The highest BCUT2D eigenvalue weighted by Crippen LogP contribution is 2.15. The van der Waals surface area contributed by atoms with Crippen molar-refractivity contribution >= 4 is 15.5 Å². The van der Waals surface area contributed by atoms with E-state index in [0.29, 0.717) is 4.90 Å². The number of hydrogen-bond donors (Lipinski definition) is 2. The van der Waals surface area contributed by atoms with Crippen molar-refractivity contribution in [3.63, 3.8) is 0 Å². The largest absolute Gasteiger partial charge is 0.385 e. The van der Waals surface area contributed by atoms with Gasteiger partial charge in [0.05, 0.1) is 10.6 Å². The summed E-state index contributed by atoms with van der Waals surface area (Å²) in [6.45, 7) is 8.10. The molecule has 6 heteroatoms. The van der Waals surface area contributed by atoms with Crippen molar-refractivity contribution < 1.29 is 8.42 Å². The van der Waals surface area contributed by atoms with E-state index >= 15 is 0 Å². The third kappa shape index (κ3) is 4.98. The fraction of sp³-hybridized carbons (Fsp3) is 0.600. The van der Waals surface area contributed by atoms with E-state index in [1.807, 2.05) is 12.1 Å². The molecule has 0 amide bonds. The van der Waals surface area contributed by atoms with Gasteiger partial charge in [0.1, 0.15) is 0 Å². The third-order valence-corrected chi connectivity index (χ3v) is 5.53. The Kier molecular flexibility index (Phi) is 6.02. The van der Waals surface area contributed by atoms with Gasteiger partial charge in [0.2, 0.25) is 0 Å². The highest BCUT2D eigenvalue weighted by molar-refractivity contribution is 7.91. The molecule has 0 radical (unpaired) electrons. The van der Waals surface area contributed by atoms with Crippen LogP contribution in [0.2, 0.25) is 0 Å². The topological polar surface area (TPSA) is 61.4 Å². The normalized spacial score (nSPS) is 16.8. The highest BCUT2D eigenvalue weighted by atomic mass is 32.2. The van der Waals surface area contributed by atoms with Gasteiger partial charge in [-0.25, -0.2) is 8.42 Å². The maximum atomic E-state index is 11.7. The molecule has 0 atom stereocenters. The number of anilines is 1. The summed E-state index contributed by atoms with van der Waals surface area (Å²) in [6, 6.07) is 7.04. The minimum Gasteiger partial charge on any atom is -0.385 e. The van der Waals surface area contributed by atoms with E-state index in [0.717, 1.165) is 51.4 Å². The first kappa shape index (κ1) is 16.3. The Hall–Kier alpha value is -1.11. The second-order valence-corrected chi connectivity index (χ2v) is 7.58. The summed E-state index contributed by atoms with van der Waals surface area (Å²) >= 11 is 0. The number of benzene rings is 1. The molecule has 0 aromatic heterocycles. The minimum atomic E-state index is -3.10. The van der Waals surface area contributed by atoms with Crippen LogP contribution in [0, 0.1) is 0 Å². The van der Waals surface area contributed by atoms with Crippen LogP contribution in [0.15, 0.2) is 29.2 Å². The van der Waals surface area contributed by atoms with Crippen LogP contribution >= 0.6 is 0 Å². The molecule has 1 aromatic carbocycles. The molecule has 1 aromatic rings. The summed E-state index contributed by atoms with van der Waals surface area (Å²) < 4.78 is 23.4. The maximum Gasteiger partial charge on any atom is 0.178 e. The first-order valence-corrected chi connectivity index (χ1v) is 9.27. The predicted octanol–water partition coefficient (Wildman–Crippen LogP) is 1.19. The van der Waals surface area contributed by atoms with Crippen molar-refractivity contribution in [1.29, 1.82) is 0 Å².